The van der Waals surface area contributed by atoms with Crippen LogP contribution in [-0.2, 0) is 4.74 Å². The van der Waals surface area contributed by atoms with Crippen LogP contribution in [0.1, 0.15) is 48.0 Å². The van der Waals surface area contributed by atoms with E-state index in [1.807, 2.05) is 24.3 Å². The quantitative estimate of drug-likeness (QED) is 0.684. The summed E-state index contributed by atoms with van der Waals surface area (Å²) in [7, 11) is 0. The summed E-state index contributed by atoms with van der Waals surface area (Å²) >= 11 is 0. The molecular weight excluding hydrogens is 212 g/mol. The molecule has 0 unspecified atom stereocenters. The van der Waals surface area contributed by atoms with E-state index in [0.29, 0.717) is 11.5 Å². The maximum Gasteiger partial charge on any atom is 0.344 e. The van der Waals surface area contributed by atoms with Gasteiger partial charge in [-0.15, -0.1) is 0 Å². The van der Waals surface area contributed by atoms with Crippen molar-refractivity contribution < 1.29 is 9.53 Å². The van der Waals surface area contributed by atoms with Gasteiger partial charge < -0.3 is 4.74 Å². The number of allylic oxidation sites excluding steroid dienone is 1. The highest BCUT2D eigenvalue weighted by molar-refractivity contribution is 6.02. The lowest BCUT2D eigenvalue weighted by molar-refractivity contribution is 0.0714. The van der Waals surface area contributed by atoms with Crippen molar-refractivity contribution in [2.24, 2.45) is 5.92 Å². The van der Waals surface area contributed by atoms with Gasteiger partial charge in [-0.2, -0.15) is 0 Å². The number of hydrogen-bond donors (Lipinski definition) is 0. The minimum Gasteiger partial charge on any atom is -0.423 e. The van der Waals surface area contributed by atoms with Gasteiger partial charge in [-0.05, 0) is 30.9 Å². The average molecular weight is 228 g/mol. The van der Waals surface area contributed by atoms with E-state index in [1.165, 1.54) is 32.1 Å². The topological polar surface area (TPSA) is 26.3 Å². The predicted octanol–water partition coefficient (Wildman–Crippen LogP) is 3.78. The van der Waals surface area contributed by atoms with Crippen molar-refractivity contribution in [2.75, 3.05) is 0 Å². The van der Waals surface area contributed by atoms with Crippen LogP contribution in [0.25, 0.3) is 5.76 Å². The number of cyclic esters (lactones) is 1. The van der Waals surface area contributed by atoms with Crippen molar-refractivity contribution in [3.05, 3.63) is 41.5 Å². The van der Waals surface area contributed by atoms with Gasteiger partial charge in [0.25, 0.3) is 0 Å². The first-order chi connectivity index (χ1) is 8.34. The van der Waals surface area contributed by atoms with E-state index < -0.39 is 0 Å². The molecule has 0 spiro atoms. The minimum absolute atomic E-state index is 0.206. The summed E-state index contributed by atoms with van der Waals surface area (Å²) in [5, 5.41) is 0. The van der Waals surface area contributed by atoms with Crippen molar-refractivity contribution in [1.29, 1.82) is 0 Å². The zero-order valence-electron chi connectivity index (χ0n) is 9.82. The molecular formula is C15H16O2. The smallest absolute Gasteiger partial charge is 0.344 e. The molecule has 1 saturated carbocycles. The Morgan fingerprint density at radius 3 is 2.53 bits per heavy atom. The van der Waals surface area contributed by atoms with Gasteiger partial charge in [-0.1, -0.05) is 37.5 Å². The van der Waals surface area contributed by atoms with Crippen LogP contribution >= 0.6 is 0 Å². The molecule has 1 aromatic carbocycles. The van der Waals surface area contributed by atoms with Crippen molar-refractivity contribution in [2.45, 2.75) is 32.1 Å². The summed E-state index contributed by atoms with van der Waals surface area (Å²) in [5.41, 5.74) is 1.66. The van der Waals surface area contributed by atoms with Gasteiger partial charge in [-0.25, -0.2) is 4.79 Å². The van der Waals surface area contributed by atoms with Gasteiger partial charge in [0, 0.05) is 5.56 Å². The fourth-order valence-corrected chi connectivity index (χ4v) is 2.72. The molecule has 0 saturated heterocycles. The number of benzene rings is 1. The van der Waals surface area contributed by atoms with E-state index in [0.717, 1.165) is 11.3 Å². The van der Waals surface area contributed by atoms with Gasteiger partial charge in [0.05, 0.1) is 5.56 Å². The van der Waals surface area contributed by atoms with Crippen molar-refractivity contribution in [1.82, 2.24) is 0 Å². The Bertz CT molecular complexity index is 468. The fraction of sp³-hybridized carbons (Fsp3) is 0.400. The average Bonchev–Trinajstić information content (AvgIpc) is 2.69. The first-order valence-corrected chi connectivity index (χ1v) is 6.38. The third-order valence-electron chi connectivity index (χ3n) is 3.65. The van der Waals surface area contributed by atoms with Crippen LogP contribution in [0.3, 0.4) is 0 Å². The molecule has 1 aliphatic heterocycles. The predicted molar refractivity (Wildman–Crippen MR) is 66.4 cm³/mol. The third-order valence-corrected chi connectivity index (χ3v) is 3.65. The second-order valence-electron chi connectivity index (χ2n) is 4.86. The second-order valence-corrected chi connectivity index (χ2v) is 4.86. The Hall–Kier alpha value is -1.57. The number of carbonyl (C=O) groups is 1. The molecule has 0 atom stereocenters. The Labute approximate surface area is 101 Å². The molecule has 2 heteroatoms. The first-order valence-electron chi connectivity index (χ1n) is 6.38. The molecule has 88 valence electrons. The summed E-state index contributed by atoms with van der Waals surface area (Å²) in [5.74, 6) is 1.15. The highest BCUT2D eigenvalue weighted by Crippen LogP contribution is 2.33. The molecule has 0 N–H and O–H groups in total. The van der Waals surface area contributed by atoms with E-state index in [2.05, 4.69) is 6.08 Å². The fourth-order valence-electron chi connectivity index (χ4n) is 2.72. The third kappa shape index (κ3) is 1.99. The normalized spacial score (nSPS) is 22.6. The Morgan fingerprint density at radius 2 is 1.76 bits per heavy atom. The van der Waals surface area contributed by atoms with E-state index in [4.69, 9.17) is 4.74 Å². The summed E-state index contributed by atoms with van der Waals surface area (Å²) in [4.78, 5) is 11.7. The number of ether oxygens (including phenoxy) is 1. The van der Waals surface area contributed by atoms with Crippen LogP contribution in [-0.4, -0.2) is 5.97 Å². The molecule has 0 radical (unpaired) electrons. The van der Waals surface area contributed by atoms with Crippen molar-refractivity contribution in [3.8, 4) is 0 Å². The lowest BCUT2D eigenvalue weighted by atomic mass is 9.88. The number of carbonyl (C=O) groups excluding carboxylic acids is 1. The molecule has 2 aliphatic rings. The first kappa shape index (κ1) is 10.6. The van der Waals surface area contributed by atoms with Gasteiger partial charge in [0.1, 0.15) is 5.76 Å². The van der Waals surface area contributed by atoms with Gasteiger partial charge >= 0.3 is 5.97 Å². The maximum atomic E-state index is 11.7. The van der Waals surface area contributed by atoms with Crippen LogP contribution in [0.4, 0.5) is 0 Å². The maximum absolute atomic E-state index is 11.7. The standard InChI is InChI=1S/C15H16O2/c16-15-13-9-5-4-8-12(13)14(17-15)10-11-6-2-1-3-7-11/h4-5,8-11H,1-3,6-7H2. The SMILES string of the molecule is O=C1OC(=CC2CCCCC2)c2ccccc21. The number of hydrogen-bond acceptors (Lipinski definition) is 2. The number of rotatable bonds is 1. The van der Waals surface area contributed by atoms with Crippen LogP contribution in [0, 0.1) is 5.92 Å². The molecule has 0 aromatic heterocycles. The monoisotopic (exact) mass is 228 g/mol. The Balaban J connectivity index is 1.90. The molecule has 2 nitrogen and oxygen atoms in total. The minimum atomic E-state index is -0.206. The van der Waals surface area contributed by atoms with Crippen LogP contribution in [0.5, 0.6) is 0 Å². The molecule has 1 aromatic rings. The summed E-state index contributed by atoms with van der Waals surface area (Å²) in [6.45, 7) is 0. The molecule has 0 amide bonds. The molecule has 1 heterocycles. The van der Waals surface area contributed by atoms with Gasteiger partial charge in [0.15, 0.2) is 0 Å². The highest BCUT2D eigenvalue weighted by atomic mass is 16.5. The van der Waals surface area contributed by atoms with Crippen molar-refractivity contribution in [3.63, 3.8) is 0 Å². The van der Waals surface area contributed by atoms with Gasteiger partial charge in [-0.3, -0.25) is 0 Å². The largest absolute Gasteiger partial charge is 0.423 e. The zero-order chi connectivity index (χ0) is 11.7. The Morgan fingerprint density at radius 1 is 1.06 bits per heavy atom. The van der Waals surface area contributed by atoms with Gasteiger partial charge in [0.2, 0.25) is 0 Å². The zero-order valence-corrected chi connectivity index (χ0v) is 9.82. The molecule has 3 rings (SSSR count). The van der Waals surface area contributed by atoms with Crippen LogP contribution in [0.15, 0.2) is 30.3 Å². The van der Waals surface area contributed by atoms with E-state index in [1.54, 1.807) is 0 Å². The van der Waals surface area contributed by atoms with Crippen LogP contribution < -0.4 is 0 Å². The second kappa shape index (κ2) is 4.36. The number of esters is 1. The lowest BCUT2D eigenvalue weighted by Crippen LogP contribution is -2.03. The highest BCUT2D eigenvalue weighted by Gasteiger charge is 2.26. The molecule has 0 bridgehead atoms. The Kier molecular flexibility index (Phi) is 2.71. The van der Waals surface area contributed by atoms with Crippen molar-refractivity contribution >= 4 is 11.7 Å². The summed E-state index contributed by atoms with van der Waals surface area (Å²) in [6.07, 6.45) is 8.54. The van der Waals surface area contributed by atoms with E-state index >= 15 is 0 Å². The molecule has 1 aliphatic carbocycles. The molecule has 1 fully saturated rings. The summed E-state index contributed by atoms with van der Waals surface area (Å²) in [6, 6.07) is 7.63. The lowest BCUT2D eigenvalue weighted by Gasteiger charge is -2.18. The number of fused-ring (bicyclic) bond motifs is 1. The van der Waals surface area contributed by atoms with E-state index in [-0.39, 0.29) is 5.97 Å². The van der Waals surface area contributed by atoms with E-state index in [9.17, 15) is 4.79 Å². The van der Waals surface area contributed by atoms with Crippen LogP contribution in [0.2, 0.25) is 0 Å². The molecule has 17 heavy (non-hydrogen) atoms. The summed E-state index contributed by atoms with van der Waals surface area (Å²) < 4.78 is 5.36.